The number of halogens is 3. The van der Waals surface area contributed by atoms with Gasteiger partial charge in [0.25, 0.3) is 10.0 Å². The topological polar surface area (TPSA) is 86.8 Å². The summed E-state index contributed by atoms with van der Waals surface area (Å²) in [4.78, 5) is 28.9. The normalized spacial score (nSPS) is 14.4. The lowest BCUT2D eigenvalue weighted by atomic mass is 10.1. The summed E-state index contributed by atoms with van der Waals surface area (Å²) in [6.07, 6.45) is 4.12. The van der Waals surface area contributed by atoms with Crippen LogP contribution in [-0.2, 0) is 26.2 Å². The fourth-order valence-corrected chi connectivity index (χ4v) is 6.69. The summed E-state index contributed by atoms with van der Waals surface area (Å²) >= 11 is 12.1. The maximum Gasteiger partial charge on any atom is 0.264 e. The predicted molar refractivity (Wildman–Crippen MR) is 159 cm³/mol. The van der Waals surface area contributed by atoms with Gasteiger partial charge in [-0.3, -0.25) is 13.9 Å². The first-order valence-corrected chi connectivity index (χ1v) is 15.7. The lowest BCUT2D eigenvalue weighted by molar-refractivity contribution is -0.140. The van der Waals surface area contributed by atoms with Gasteiger partial charge in [0.05, 0.1) is 15.6 Å². The predicted octanol–water partition coefficient (Wildman–Crippen LogP) is 6.19. The monoisotopic (exact) mass is 619 g/mol. The molecule has 0 aromatic heterocycles. The molecule has 3 aromatic rings. The Kier molecular flexibility index (Phi) is 10.3. The Morgan fingerprint density at radius 3 is 2.27 bits per heavy atom. The molecule has 0 bridgehead atoms. The SMILES string of the molecule is CCC(C(=O)NC1CCCC1)N(Cc1ccc(Cl)cc1)C(=O)CN(c1ccc(F)c(Cl)c1)S(=O)(=O)c1ccccc1. The van der Waals surface area contributed by atoms with E-state index in [1.807, 2.05) is 0 Å². The first kappa shape index (κ1) is 30.8. The molecule has 41 heavy (non-hydrogen) atoms. The standard InChI is InChI=1S/C30H32Cl2FN3O4S/c1-2-28(30(38)34-23-8-6-7-9-23)35(19-21-12-14-22(31)15-13-21)29(37)20-36(24-16-17-27(33)26(32)18-24)41(39,40)25-10-4-3-5-11-25/h3-5,10-18,23,28H,2,6-9,19-20H2,1H3,(H,34,38). The van der Waals surface area contributed by atoms with Crippen molar-refractivity contribution < 1.29 is 22.4 Å². The van der Waals surface area contributed by atoms with Gasteiger partial charge < -0.3 is 10.2 Å². The molecule has 1 N–H and O–H groups in total. The lowest BCUT2D eigenvalue weighted by Gasteiger charge is -2.33. The largest absolute Gasteiger partial charge is 0.352 e. The zero-order chi connectivity index (χ0) is 29.6. The van der Waals surface area contributed by atoms with E-state index in [0.29, 0.717) is 11.4 Å². The minimum atomic E-state index is -4.28. The van der Waals surface area contributed by atoms with E-state index in [1.165, 1.54) is 23.1 Å². The molecule has 1 fully saturated rings. The highest BCUT2D eigenvalue weighted by molar-refractivity contribution is 7.92. The number of sulfonamides is 1. The van der Waals surface area contributed by atoms with Gasteiger partial charge in [0.15, 0.2) is 0 Å². The van der Waals surface area contributed by atoms with E-state index < -0.39 is 34.3 Å². The van der Waals surface area contributed by atoms with Crippen molar-refractivity contribution in [3.05, 3.63) is 94.2 Å². The number of hydrogen-bond donors (Lipinski definition) is 1. The molecule has 0 aliphatic heterocycles. The number of nitrogens with one attached hydrogen (secondary N) is 1. The van der Waals surface area contributed by atoms with Crippen molar-refractivity contribution in [1.29, 1.82) is 0 Å². The van der Waals surface area contributed by atoms with E-state index >= 15 is 0 Å². The second-order valence-electron chi connectivity index (χ2n) is 9.99. The van der Waals surface area contributed by atoms with Crippen LogP contribution in [0.1, 0.15) is 44.6 Å². The maximum atomic E-state index is 14.1. The molecule has 0 spiro atoms. The van der Waals surface area contributed by atoms with Crippen LogP contribution in [0.5, 0.6) is 0 Å². The third-order valence-electron chi connectivity index (χ3n) is 7.15. The molecular weight excluding hydrogens is 588 g/mol. The van der Waals surface area contributed by atoms with Gasteiger partial charge in [-0.05, 0) is 67.3 Å². The summed E-state index contributed by atoms with van der Waals surface area (Å²) in [7, 11) is -4.28. The maximum absolute atomic E-state index is 14.1. The Hall–Kier alpha value is -3.14. The van der Waals surface area contributed by atoms with Crippen molar-refractivity contribution in [2.24, 2.45) is 0 Å². The van der Waals surface area contributed by atoms with Crippen molar-refractivity contribution in [2.45, 2.75) is 62.6 Å². The first-order valence-electron chi connectivity index (χ1n) is 13.5. The molecule has 1 saturated carbocycles. The number of rotatable bonds is 11. The fourth-order valence-electron chi connectivity index (χ4n) is 4.96. The number of benzene rings is 3. The summed E-state index contributed by atoms with van der Waals surface area (Å²) < 4.78 is 42.5. The fraction of sp³-hybridized carbons (Fsp3) is 0.333. The Bertz CT molecular complexity index is 1470. The molecular formula is C30H32Cl2FN3O4S. The van der Waals surface area contributed by atoms with Crippen molar-refractivity contribution in [1.82, 2.24) is 10.2 Å². The zero-order valence-electron chi connectivity index (χ0n) is 22.6. The number of amides is 2. The molecule has 2 amide bonds. The Morgan fingerprint density at radius 1 is 1.00 bits per heavy atom. The molecule has 4 rings (SSSR count). The molecule has 1 aliphatic carbocycles. The molecule has 11 heteroatoms. The van der Waals surface area contributed by atoms with E-state index in [1.54, 1.807) is 49.4 Å². The molecule has 0 radical (unpaired) electrons. The van der Waals surface area contributed by atoms with E-state index in [0.717, 1.165) is 47.7 Å². The van der Waals surface area contributed by atoms with E-state index in [-0.39, 0.29) is 34.1 Å². The van der Waals surface area contributed by atoms with E-state index in [2.05, 4.69) is 5.32 Å². The highest BCUT2D eigenvalue weighted by Crippen LogP contribution is 2.28. The van der Waals surface area contributed by atoms with Crippen LogP contribution >= 0.6 is 23.2 Å². The van der Waals surface area contributed by atoms with E-state index in [4.69, 9.17) is 23.2 Å². The van der Waals surface area contributed by atoms with Crippen LogP contribution in [0.25, 0.3) is 0 Å². The number of hydrogen-bond acceptors (Lipinski definition) is 4. The van der Waals surface area contributed by atoms with Gasteiger partial charge in [-0.15, -0.1) is 0 Å². The van der Waals surface area contributed by atoms with Crippen LogP contribution in [0.3, 0.4) is 0 Å². The average Bonchev–Trinajstić information content (AvgIpc) is 3.47. The minimum Gasteiger partial charge on any atom is -0.352 e. The van der Waals surface area contributed by atoms with Crippen LogP contribution in [0.2, 0.25) is 10.0 Å². The number of anilines is 1. The summed E-state index contributed by atoms with van der Waals surface area (Å²) in [5, 5.41) is 3.30. The smallest absolute Gasteiger partial charge is 0.264 e. The third kappa shape index (κ3) is 7.58. The third-order valence-corrected chi connectivity index (χ3v) is 9.48. The summed E-state index contributed by atoms with van der Waals surface area (Å²) in [6, 6.07) is 17.2. The van der Waals surface area contributed by atoms with Crippen molar-refractivity contribution in [3.63, 3.8) is 0 Å². The van der Waals surface area contributed by atoms with Crippen LogP contribution in [0.15, 0.2) is 77.7 Å². The van der Waals surface area contributed by atoms with Gasteiger partial charge in [0.2, 0.25) is 11.8 Å². The lowest BCUT2D eigenvalue weighted by Crippen LogP contribution is -2.53. The minimum absolute atomic E-state index is 0.0171. The van der Waals surface area contributed by atoms with Crippen molar-refractivity contribution in [2.75, 3.05) is 10.8 Å². The van der Waals surface area contributed by atoms with Crippen LogP contribution in [-0.4, -0.2) is 43.8 Å². The van der Waals surface area contributed by atoms with Crippen molar-refractivity contribution >= 4 is 50.7 Å². The van der Waals surface area contributed by atoms with Crippen LogP contribution in [0, 0.1) is 5.82 Å². The quantitative estimate of drug-likeness (QED) is 0.277. The number of carbonyl (C=O) groups is 2. The summed E-state index contributed by atoms with van der Waals surface area (Å²) in [5.41, 5.74) is 0.737. The first-order chi connectivity index (χ1) is 19.6. The molecule has 7 nitrogen and oxygen atoms in total. The molecule has 1 unspecified atom stereocenters. The van der Waals surface area contributed by atoms with Gasteiger partial charge in [-0.1, -0.05) is 73.3 Å². The van der Waals surface area contributed by atoms with Crippen LogP contribution < -0.4 is 9.62 Å². The van der Waals surface area contributed by atoms with Gasteiger partial charge in [-0.2, -0.15) is 0 Å². The van der Waals surface area contributed by atoms with Gasteiger partial charge in [0, 0.05) is 17.6 Å². The highest BCUT2D eigenvalue weighted by atomic mass is 35.5. The zero-order valence-corrected chi connectivity index (χ0v) is 24.9. The summed E-state index contributed by atoms with van der Waals surface area (Å²) in [5.74, 6) is -1.62. The molecule has 0 heterocycles. The van der Waals surface area contributed by atoms with Crippen LogP contribution in [0.4, 0.5) is 10.1 Å². The van der Waals surface area contributed by atoms with Gasteiger partial charge >= 0.3 is 0 Å². The second kappa shape index (κ2) is 13.7. The van der Waals surface area contributed by atoms with Crippen molar-refractivity contribution in [3.8, 4) is 0 Å². The van der Waals surface area contributed by atoms with Gasteiger partial charge in [0.1, 0.15) is 18.4 Å². The Morgan fingerprint density at radius 2 is 1.66 bits per heavy atom. The number of nitrogens with zero attached hydrogens (tertiary/aromatic N) is 2. The molecule has 3 aromatic carbocycles. The number of carbonyl (C=O) groups excluding carboxylic acids is 2. The molecule has 1 atom stereocenters. The van der Waals surface area contributed by atoms with Gasteiger partial charge in [-0.25, -0.2) is 12.8 Å². The Labute approximate surface area is 250 Å². The van der Waals surface area contributed by atoms with E-state index in [9.17, 15) is 22.4 Å². The second-order valence-corrected chi connectivity index (χ2v) is 12.7. The molecule has 218 valence electrons. The summed E-state index contributed by atoms with van der Waals surface area (Å²) in [6.45, 7) is 1.22. The molecule has 1 aliphatic rings. The Balaban J connectivity index is 1.72. The molecule has 0 saturated heterocycles. The average molecular weight is 621 g/mol. The highest BCUT2D eigenvalue weighted by Gasteiger charge is 2.34.